The minimum atomic E-state index is -2.65. The van der Waals surface area contributed by atoms with Crippen molar-refractivity contribution in [2.75, 3.05) is 36.9 Å². The molecule has 43 heavy (non-hydrogen) atoms. The number of rotatable bonds is 4. The van der Waals surface area contributed by atoms with Gasteiger partial charge in [-0.3, -0.25) is 9.48 Å². The molecule has 228 valence electrons. The summed E-state index contributed by atoms with van der Waals surface area (Å²) in [5.74, 6) is 0.816. The number of fused-ring (bicyclic) bond motifs is 3. The third kappa shape index (κ3) is 5.48. The van der Waals surface area contributed by atoms with Gasteiger partial charge in [0.2, 0.25) is 5.91 Å². The van der Waals surface area contributed by atoms with Crippen LogP contribution in [0.25, 0.3) is 21.3 Å². The maximum absolute atomic E-state index is 14.7. The topological polar surface area (TPSA) is 89.5 Å². The summed E-state index contributed by atoms with van der Waals surface area (Å²) in [7, 11) is 0. The molecule has 3 aliphatic rings. The number of nitrogens with two attached hydrogens (primary N) is 1. The van der Waals surface area contributed by atoms with Crippen molar-refractivity contribution in [2.24, 2.45) is 0 Å². The number of carbonyl (C=O) groups is 1. The van der Waals surface area contributed by atoms with E-state index in [0.717, 1.165) is 76.2 Å². The Balaban J connectivity index is 0.00000161. The van der Waals surface area contributed by atoms with Gasteiger partial charge in [0.05, 0.1) is 22.8 Å². The van der Waals surface area contributed by atoms with E-state index in [9.17, 15) is 13.6 Å². The van der Waals surface area contributed by atoms with E-state index in [1.807, 2.05) is 43.0 Å². The van der Waals surface area contributed by atoms with Gasteiger partial charge in [-0.15, -0.1) is 0 Å². The summed E-state index contributed by atoms with van der Waals surface area (Å²) < 4.78 is 38.0. The normalized spacial score (nSPS) is 17.1. The Labute approximate surface area is 254 Å². The van der Waals surface area contributed by atoms with Crippen LogP contribution in [0.15, 0.2) is 30.3 Å². The smallest absolute Gasteiger partial charge is 0.264 e. The predicted molar refractivity (Wildman–Crippen MR) is 167 cm³/mol. The summed E-state index contributed by atoms with van der Waals surface area (Å²) >= 11 is 1.36. The average molecular weight is 609 g/mol. The fourth-order valence-electron chi connectivity index (χ4n) is 6.56. The molecule has 0 radical (unpaired) electrons. The van der Waals surface area contributed by atoms with E-state index in [1.54, 1.807) is 13.0 Å². The monoisotopic (exact) mass is 608 g/mol. The first-order chi connectivity index (χ1) is 20.9. The van der Waals surface area contributed by atoms with E-state index in [2.05, 4.69) is 14.6 Å². The summed E-state index contributed by atoms with van der Waals surface area (Å²) in [5.41, 5.74) is 11.9. The van der Waals surface area contributed by atoms with E-state index >= 15 is 0 Å². The van der Waals surface area contributed by atoms with Gasteiger partial charge in [0.25, 0.3) is 6.43 Å². The van der Waals surface area contributed by atoms with Gasteiger partial charge in [-0.2, -0.15) is 5.10 Å². The zero-order valence-electron chi connectivity index (χ0n) is 24.9. The van der Waals surface area contributed by atoms with Crippen LogP contribution < -0.4 is 10.6 Å². The number of thiazole rings is 1. The quantitative estimate of drug-likeness (QED) is 0.267. The molecule has 0 unspecified atom stereocenters. The van der Waals surface area contributed by atoms with Gasteiger partial charge < -0.3 is 20.3 Å². The molecule has 1 saturated heterocycles. The maximum atomic E-state index is 14.7. The van der Waals surface area contributed by atoms with Gasteiger partial charge in [-0.05, 0) is 66.6 Å². The molecule has 1 amide bonds. The third-order valence-corrected chi connectivity index (χ3v) is 9.47. The highest BCUT2D eigenvalue weighted by Crippen LogP contribution is 2.44. The molecule has 11 heteroatoms. The third-order valence-electron chi connectivity index (χ3n) is 8.62. The van der Waals surface area contributed by atoms with E-state index in [1.165, 1.54) is 11.3 Å². The standard InChI is InChI=1S/C30H32F2N6O2S.C2H6/c1-17(39)36-10-6-25-23(16-36)29(35-38(25)20-7-11-40-12-8-20)37-9-2-3-19-13-21(22(28(31)32)15-26(19)37)18-4-5-24-27(14-18)41-30(33)34-24;1-2/h4-5,13-15,20,28H,2-3,6-12,16H2,1H3,(H2,33,34);1-2H3. The van der Waals surface area contributed by atoms with E-state index in [0.29, 0.717) is 43.5 Å². The molecule has 0 aliphatic carbocycles. The first-order valence-electron chi connectivity index (χ1n) is 15.2. The first-order valence-corrected chi connectivity index (χ1v) is 16.0. The van der Waals surface area contributed by atoms with Crippen molar-refractivity contribution in [3.05, 3.63) is 52.7 Å². The second-order valence-electron chi connectivity index (χ2n) is 11.1. The number of amides is 1. The van der Waals surface area contributed by atoms with Crippen LogP contribution in [0.4, 0.5) is 25.4 Å². The Morgan fingerprint density at radius 3 is 2.65 bits per heavy atom. The maximum Gasteiger partial charge on any atom is 0.264 e. The number of alkyl halides is 2. The highest BCUT2D eigenvalue weighted by molar-refractivity contribution is 7.22. The Bertz CT molecular complexity index is 1640. The van der Waals surface area contributed by atoms with Crippen molar-refractivity contribution in [2.45, 2.75) is 71.9 Å². The summed E-state index contributed by atoms with van der Waals surface area (Å²) in [6.07, 6.45) is 1.51. The molecule has 0 saturated carbocycles. The second kappa shape index (κ2) is 12.2. The van der Waals surface area contributed by atoms with Crippen LogP contribution in [-0.4, -0.2) is 51.9 Å². The predicted octanol–water partition coefficient (Wildman–Crippen LogP) is 7.05. The second-order valence-corrected chi connectivity index (χ2v) is 12.1. The number of benzene rings is 2. The van der Waals surface area contributed by atoms with Crippen molar-refractivity contribution in [1.29, 1.82) is 0 Å². The SMILES string of the molecule is CC.CC(=O)N1CCc2c(c(N3CCCc4cc(-c5ccc6nc(N)sc6c5)c(C(F)F)cc43)nn2C2CCOCC2)C1. The van der Waals surface area contributed by atoms with Crippen molar-refractivity contribution < 1.29 is 18.3 Å². The highest BCUT2D eigenvalue weighted by atomic mass is 32.1. The lowest BCUT2D eigenvalue weighted by Crippen LogP contribution is -2.36. The molecule has 4 aromatic rings. The Kier molecular flexibility index (Phi) is 8.37. The summed E-state index contributed by atoms with van der Waals surface area (Å²) in [6, 6.07) is 9.41. The lowest BCUT2D eigenvalue weighted by atomic mass is 9.91. The summed E-state index contributed by atoms with van der Waals surface area (Å²) in [4.78, 5) is 20.6. The van der Waals surface area contributed by atoms with Gasteiger partial charge in [0.1, 0.15) is 0 Å². The van der Waals surface area contributed by atoms with Gasteiger partial charge in [-0.25, -0.2) is 13.8 Å². The van der Waals surface area contributed by atoms with Crippen LogP contribution in [0.2, 0.25) is 0 Å². The fraction of sp³-hybridized carbons (Fsp3) is 0.469. The van der Waals surface area contributed by atoms with Crippen LogP contribution in [0, 0.1) is 0 Å². The minimum absolute atomic E-state index is 0.00409. The zero-order chi connectivity index (χ0) is 30.2. The van der Waals surface area contributed by atoms with Crippen LogP contribution in [0.1, 0.15) is 74.9 Å². The molecular formula is C32H38F2N6O2S. The number of carbonyl (C=O) groups excluding carboxylic acids is 1. The van der Waals surface area contributed by atoms with Crippen LogP contribution in [0.5, 0.6) is 0 Å². The minimum Gasteiger partial charge on any atom is -0.381 e. The van der Waals surface area contributed by atoms with Crippen molar-refractivity contribution >= 4 is 44.1 Å². The lowest BCUT2D eigenvalue weighted by molar-refractivity contribution is -0.129. The number of nitrogens with zero attached hydrogens (tertiary/aromatic N) is 5. The van der Waals surface area contributed by atoms with Gasteiger partial charge >= 0.3 is 0 Å². The van der Waals surface area contributed by atoms with Gasteiger partial charge in [0, 0.05) is 62.2 Å². The molecule has 0 bridgehead atoms. The molecule has 0 atom stereocenters. The number of anilines is 3. The molecule has 5 heterocycles. The Morgan fingerprint density at radius 2 is 1.91 bits per heavy atom. The van der Waals surface area contributed by atoms with Crippen molar-refractivity contribution in [3.8, 4) is 11.1 Å². The molecule has 2 N–H and O–H groups in total. The molecular weight excluding hydrogens is 570 g/mol. The number of hydrogen-bond acceptors (Lipinski definition) is 7. The number of ether oxygens (including phenoxy) is 1. The molecule has 3 aliphatic heterocycles. The number of aryl methyl sites for hydroxylation is 1. The Morgan fingerprint density at radius 1 is 1.12 bits per heavy atom. The van der Waals surface area contributed by atoms with E-state index in [4.69, 9.17) is 15.6 Å². The number of hydrogen-bond donors (Lipinski definition) is 1. The van der Waals surface area contributed by atoms with Gasteiger partial charge in [-0.1, -0.05) is 31.3 Å². The van der Waals surface area contributed by atoms with Crippen LogP contribution >= 0.6 is 11.3 Å². The largest absolute Gasteiger partial charge is 0.381 e. The van der Waals surface area contributed by atoms with Gasteiger partial charge in [0.15, 0.2) is 10.9 Å². The highest BCUT2D eigenvalue weighted by Gasteiger charge is 2.34. The van der Waals surface area contributed by atoms with Crippen LogP contribution in [-0.2, 0) is 28.9 Å². The fourth-order valence-corrected chi connectivity index (χ4v) is 7.33. The molecule has 8 nitrogen and oxygen atoms in total. The van der Waals surface area contributed by atoms with Crippen molar-refractivity contribution in [1.82, 2.24) is 19.7 Å². The molecule has 2 aromatic carbocycles. The summed E-state index contributed by atoms with van der Waals surface area (Å²) in [6.45, 7) is 8.80. The van der Waals surface area contributed by atoms with E-state index in [-0.39, 0.29) is 17.5 Å². The number of aromatic nitrogens is 3. The average Bonchev–Trinajstić information content (AvgIpc) is 3.60. The molecule has 0 spiro atoms. The number of nitrogen functional groups attached to an aromatic ring is 1. The first kappa shape index (κ1) is 29.5. The molecule has 1 fully saturated rings. The molecule has 2 aromatic heterocycles. The number of halogens is 2. The zero-order valence-corrected chi connectivity index (χ0v) is 25.7. The van der Waals surface area contributed by atoms with E-state index < -0.39 is 6.43 Å². The van der Waals surface area contributed by atoms with Crippen LogP contribution in [0.3, 0.4) is 0 Å². The Hall–Kier alpha value is -3.57. The van der Waals surface area contributed by atoms with Crippen molar-refractivity contribution in [3.63, 3.8) is 0 Å². The molecule has 7 rings (SSSR count). The lowest BCUT2D eigenvalue weighted by Gasteiger charge is -2.33. The summed E-state index contributed by atoms with van der Waals surface area (Å²) in [5, 5.41) is 5.63.